The summed E-state index contributed by atoms with van der Waals surface area (Å²) in [7, 11) is 0. The molecular formula is C15H26N2O2. The Labute approximate surface area is 115 Å². The molecule has 2 bridgehead atoms. The molecule has 0 saturated carbocycles. The molecule has 1 N–H and O–H groups in total. The molecule has 4 nitrogen and oxygen atoms in total. The van der Waals surface area contributed by atoms with Gasteiger partial charge in [-0.05, 0) is 38.5 Å². The van der Waals surface area contributed by atoms with Crippen LogP contribution in [0.15, 0.2) is 0 Å². The number of rotatable bonds is 4. The molecule has 3 aliphatic heterocycles. The van der Waals surface area contributed by atoms with Crippen LogP contribution in [0.5, 0.6) is 0 Å². The summed E-state index contributed by atoms with van der Waals surface area (Å²) in [6, 6.07) is 1.76. The van der Waals surface area contributed by atoms with Crippen LogP contribution < -0.4 is 5.32 Å². The highest BCUT2D eigenvalue weighted by Crippen LogP contribution is 2.31. The topological polar surface area (TPSA) is 41.6 Å². The van der Waals surface area contributed by atoms with Crippen LogP contribution in [0.1, 0.15) is 45.4 Å². The molecule has 3 unspecified atom stereocenters. The predicted molar refractivity (Wildman–Crippen MR) is 73.9 cm³/mol. The average molecular weight is 266 g/mol. The van der Waals surface area contributed by atoms with Crippen LogP contribution in [0.25, 0.3) is 0 Å². The fourth-order valence-electron chi connectivity index (χ4n) is 3.96. The predicted octanol–water partition coefficient (Wildman–Crippen LogP) is 1.54. The van der Waals surface area contributed by atoms with Gasteiger partial charge in [-0.1, -0.05) is 6.92 Å². The van der Waals surface area contributed by atoms with Gasteiger partial charge in [0.2, 0.25) is 5.91 Å². The van der Waals surface area contributed by atoms with Gasteiger partial charge in [-0.2, -0.15) is 0 Å². The van der Waals surface area contributed by atoms with Gasteiger partial charge in [0.25, 0.3) is 0 Å². The molecule has 3 heterocycles. The van der Waals surface area contributed by atoms with Crippen molar-refractivity contribution in [1.82, 2.24) is 10.2 Å². The minimum absolute atomic E-state index is 0.124. The van der Waals surface area contributed by atoms with Crippen molar-refractivity contribution in [1.29, 1.82) is 0 Å². The van der Waals surface area contributed by atoms with Gasteiger partial charge in [0.1, 0.15) is 0 Å². The number of amides is 1. The third-order valence-electron chi connectivity index (χ3n) is 4.92. The number of carbonyl (C=O) groups is 1. The van der Waals surface area contributed by atoms with Crippen molar-refractivity contribution < 1.29 is 9.53 Å². The molecule has 0 aliphatic carbocycles. The number of fused-ring (bicyclic) bond motifs is 2. The summed E-state index contributed by atoms with van der Waals surface area (Å²) in [5.41, 5.74) is 0. The largest absolute Gasteiger partial charge is 0.381 e. The minimum atomic E-state index is 0.124. The van der Waals surface area contributed by atoms with Crippen molar-refractivity contribution in [3.63, 3.8) is 0 Å². The van der Waals surface area contributed by atoms with Crippen LogP contribution in [0.4, 0.5) is 0 Å². The van der Waals surface area contributed by atoms with E-state index in [0.29, 0.717) is 30.6 Å². The van der Waals surface area contributed by atoms with Gasteiger partial charge in [-0.3, -0.25) is 4.79 Å². The first-order valence-electron chi connectivity index (χ1n) is 7.92. The second-order valence-electron chi connectivity index (χ2n) is 6.36. The normalized spacial score (nSPS) is 37.5. The summed E-state index contributed by atoms with van der Waals surface area (Å²) in [4.78, 5) is 14.9. The summed E-state index contributed by atoms with van der Waals surface area (Å²) < 4.78 is 5.39. The first kappa shape index (κ1) is 13.4. The lowest BCUT2D eigenvalue weighted by Gasteiger charge is -2.38. The van der Waals surface area contributed by atoms with E-state index in [9.17, 15) is 4.79 Å². The second kappa shape index (κ2) is 5.80. The van der Waals surface area contributed by atoms with Crippen LogP contribution >= 0.6 is 0 Å². The highest BCUT2D eigenvalue weighted by Gasteiger charge is 2.39. The van der Waals surface area contributed by atoms with Gasteiger partial charge >= 0.3 is 0 Å². The highest BCUT2D eigenvalue weighted by atomic mass is 16.5. The molecule has 3 aliphatic rings. The van der Waals surface area contributed by atoms with E-state index >= 15 is 0 Å². The zero-order valence-electron chi connectivity index (χ0n) is 11.9. The molecule has 1 amide bonds. The molecule has 0 radical (unpaired) electrons. The maximum absolute atomic E-state index is 12.7. The molecule has 0 aromatic rings. The van der Waals surface area contributed by atoms with E-state index in [1.54, 1.807) is 0 Å². The van der Waals surface area contributed by atoms with Crippen LogP contribution in [-0.4, -0.2) is 48.7 Å². The molecule has 108 valence electrons. The van der Waals surface area contributed by atoms with Crippen LogP contribution in [-0.2, 0) is 9.53 Å². The Bertz CT molecular complexity index is 316. The molecule has 0 aromatic heterocycles. The number of hydrogen-bond donors (Lipinski definition) is 1. The van der Waals surface area contributed by atoms with Crippen molar-refractivity contribution in [3.8, 4) is 0 Å². The fraction of sp³-hybridized carbons (Fsp3) is 0.933. The quantitative estimate of drug-likeness (QED) is 0.839. The third kappa shape index (κ3) is 2.79. The van der Waals surface area contributed by atoms with E-state index in [-0.39, 0.29) is 5.92 Å². The average Bonchev–Trinajstić information content (AvgIpc) is 3.05. The van der Waals surface area contributed by atoms with Crippen molar-refractivity contribution in [2.75, 3.05) is 19.8 Å². The smallest absolute Gasteiger partial charge is 0.228 e. The molecule has 0 spiro atoms. The molecule has 3 fully saturated rings. The van der Waals surface area contributed by atoms with E-state index in [0.717, 1.165) is 38.8 Å². The van der Waals surface area contributed by atoms with Gasteiger partial charge in [0, 0.05) is 31.3 Å². The lowest BCUT2D eigenvalue weighted by Crippen LogP contribution is -2.52. The van der Waals surface area contributed by atoms with Crippen LogP contribution in [0.3, 0.4) is 0 Å². The summed E-state index contributed by atoms with van der Waals surface area (Å²) in [6.07, 6.45) is 6.85. The zero-order valence-corrected chi connectivity index (χ0v) is 11.9. The number of hydrogen-bond acceptors (Lipinski definition) is 3. The monoisotopic (exact) mass is 266 g/mol. The number of nitrogens with one attached hydrogen (secondary N) is 1. The molecule has 3 rings (SSSR count). The number of nitrogens with zero attached hydrogens (tertiary/aromatic N) is 1. The summed E-state index contributed by atoms with van der Waals surface area (Å²) in [5, 5.41) is 3.66. The van der Waals surface area contributed by atoms with Crippen LogP contribution in [0.2, 0.25) is 0 Å². The molecule has 3 saturated heterocycles. The fourth-order valence-corrected chi connectivity index (χ4v) is 3.96. The maximum atomic E-state index is 12.7. The Balaban J connectivity index is 1.67. The Morgan fingerprint density at radius 1 is 1.26 bits per heavy atom. The molecular weight excluding hydrogens is 240 g/mol. The van der Waals surface area contributed by atoms with Crippen molar-refractivity contribution in [2.24, 2.45) is 5.92 Å². The van der Waals surface area contributed by atoms with Gasteiger partial charge < -0.3 is 15.0 Å². The van der Waals surface area contributed by atoms with E-state index < -0.39 is 0 Å². The van der Waals surface area contributed by atoms with Crippen molar-refractivity contribution >= 4 is 5.91 Å². The van der Waals surface area contributed by atoms with Gasteiger partial charge in [-0.15, -0.1) is 0 Å². The Kier molecular flexibility index (Phi) is 4.08. The van der Waals surface area contributed by atoms with Gasteiger partial charge in [0.15, 0.2) is 0 Å². The van der Waals surface area contributed by atoms with Crippen molar-refractivity contribution in [3.05, 3.63) is 0 Å². The summed E-state index contributed by atoms with van der Waals surface area (Å²) >= 11 is 0. The Morgan fingerprint density at radius 2 is 2.00 bits per heavy atom. The van der Waals surface area contributed by atoms with E-state index in [1.165, 1.54) is 12.8 Å². The third-order valence-corrected chi connectivity index (χ3v) is 4.92. The minimum Gasteiger partial charge on any atom is -0.381 e. The van der Waals surface area contributed by atoms with Gasteiger partial charge in [0.05, 0.1) is 12.5 Å². The SMILES string of the molecule is CCCN(C(=O)C1CCOC1)C1CC2CCC(C1)N2. The van der Waals surface area contributed by atoms with E-state index in [2.05, 4.69) is 17.1 Å². The maximum Gasteiger partial charge on any atom is 0.228 e. The summed E-state index contributed by atoms with van der Waals surface area (Å²) in [5.74, 6) is 0.477. The first-order chi connectivity index (χ1) is 9.28. The van der Waals surface area contributed by atoms with Crippen molar-refractivity contribution in [2.45, 2.75) is 63.6 Å². The summed E-state index contributed by atoms with van der Waals surface area (Å²) in [6.45, 7) is 4.48. The number of piperidine rings is 1. The van der Waals surface area contributed by atoms with Gasteiger partial charge in [-0.25, -0.2) is 0 Å². The highest BCUT2D eigenvalue weighted by molar-refractivity contribution is 5.79. The number of ether oxygens (including phenoxy) is 1. The second-order valence-corrected chi connectivity index (χ2v) is 6.36. The molecule has 3 atom stereocenters. The molecule has 19 heavy (non-hydrogen) atoms. The van der Waals surface area contributed by atoms with Crippen LogP contribution in [0, 0.1) is 5.92 Å². The zero-order chi connectivity index (χ0) is 13.2. The van der Waals surface area contributed by atoms with E-state index in [1.807, 2.05) is 0 Å². The molecule has 0 aromatic carbocycles. The Hall–Kier alpha value is -0.610. The Morgan fingerprint density at radius 3 is 2.58 bits per heavy atom. The molecule has 4 heteroatoms. The first-order valence-corrected chi connectivity index (χ1v) is 7.92. The van der Waals surface area contributed by atoms with E-state index in [4.69, 9.17) is 4.74 Å². The number of carbonyl (C=O) groups excluding carboxylic acids is 1. The lowest BCUT2D eigenvalue weighted by atomic mass is 9.96. The standard InChI is InChI=1S/C15H26N2O2/c1-2-6-17(15(18)11-5-7-19-10-11)14-8-12-3-4-13(9-14)16-12/h11-14,16H,2-10H2,1H3. The lowest BCUT2D eigenvalue weighted by molar-refractivity contribution is -0.138.